The Bertz CT molecular complexity index is 583. The highest BCUT2D eigenvalue weighted by Gasteiger charge is 2.45. The number of alkyl halides is 3. The van der Waals surface area contributed by atoms with Gasteiger partial charge in [0, 0.05) is 13.1 Å². The van der Waals surface area contributed by atoms with Crippen molar-refractivity contribution in [2.75, 3.05) is 18.9 Å². The molecule has 0 saturated heterocycles. The fraction of sp³-hybridized carbons (Fsp3) is 0.500. The van der Waals surface area contributed by atoms with E-state index in [1.807, 2.05) is 0 Å². The van der Waals surface area contributed by atoms with Crippen LogP contribution in [0, 0.1) is 0 Å². The molecule has 0 bridgehead atoms. The molecule has 0 spiro atoms. The highest BCUT2D eigenvalue weighted by Crippen LogP contribution is 2.36. The Labute approximate surface area is 115 Å². The first-order valence-corrected chi connectivity index (χ1v) is 7.55. The minimum absolute atomic E-state index is 0.126. The summed E-state index contributed by atoms with van der Waals surface area (Å²) in [6.07, 6.45) is -3.61. The number of halogens is 3. The molecule has 1 aromatic rings. The van der Waals surface area contributed by atoms with Gasteiger partial charge >= 0.3 is 6.18 Å². The number of rotatable bonds is 5. The van der Waals surface area contributed by atoms with Crippen molar-refractivity contribution in [1.29, 1.82) is 0 Å². The van der Waals surface area contributed by atoms with Crippen LogP contribution in [0.3, 0.4) is 0 Å². The average molecular weight is 308 g/mol. The van der Waals surface area contributed by atoms with Crippen LogP contribution in [0.25, 0.3) is 0 Å². The van der Waals surface area contributed by atoms with Crippen LogP contribution in [-0.4, -0.2) is 38.5 Å². The number of hydrogen-bond acceptors (Lipinski definition) is 3. The number of nitrogens with one attached hydrogen (secondary N) is 1. The third kappa shape index (κ3) is 3.24. The van der Waals surface area contributed by atoms with Crippen molar-refractivity contribution in [2.45, 2.75) is 30.0 Å². The summed E-state index contributed by atoms with van der Waals surface area (Å²) in [5.41, 5.74) is 0.292. The summed E-state index contributed by atoms with van der Waals surface area (Å²) in [5, 5.41) is 2.69. The van der Waals surface area contributed by atoms with Crippen molar-refractivity contribution in [3.8, 4) is 0 Å². The first-order valence-electron chi connectivity index (χ1n) is 6.11. The summed E-state index contributed by atoms with van der Waals surface area (Å²) in [5.74, 6) is 0. The van der Waals surface area contributed by atoms with Crippen LogP contribution in [-0.2, 0) is 10.0 Å². The third-order valence-electron chi connectivity index (χ3n) is 3.03. The van der Waals surface area contributed by atoms with Gasteiger partial charge in [0.05, 0.1) is 5.69 Å². The number of benzene rings is 1. The molecule has 1 saturated carbocycles. The van der Waals surface area contributed by atoms with E-state index in [0.29, 0.717) is 22.8 Å². The first-order chi connectivity index (χ1) is 9.25. The Morgan fingerprint density at radius 3 is 2.40 bits per heavy atom. The maximum absolute atomic E-state index is 12.6. The van der Waals surface area contributed by atoms with Gasteiger partial charge < -0.3 is 5.32 Å². The summed E-state index contributed by atoms with van der Waals surface area (Å²) in [4.78, 5) is -0.126. The maximum Gasteiger partial charge on any atom is 0.402 e. The molecule has 1 N–H and O–H groups in total. The maximum atomic E-state index is 12.6. The SMILES string of the molecule is CNc1ccccc1S(=O)(=O)N(CC(F)(F)F)C1CC1. The van der Waals surface area contributed by atoms with Crippen LogP contribution in [0.1, 0.15) is 12.8 Å². The number of para-hydroxylation sites is 1. The minimum Gasteiger partial charge on any atom is -0.387 e. The van der Waals surface area contributed by atoms with Crippen molar-refractivity contribution in [2.24, 2.45) is 0 Å². The highest BCUT2D eigenvalue weighted by atomic mass is 32.2. The molecular weight excluding hydrogens is 293 g/mol. The third-order valence-corrected chi connectivity index (χ3v) is 4.99. The lowest BCUT2D eigenvalue weighted by Gasteiger charge is -2.24. The molecule has 0 atom stereocenters. The topological polar surface area (TPSA) is 49.4 Å². The van der Waals surface area contributed by atoms with Crippen molar-refractivity contribution in [1.82, 2.24) is 4.31 Å². The van der Waals surface area contributed by atoms with Crippen LogP contribution < -0.4 is 5.32 Å². The summed E-state index contributed by atoms with van der Waals surface area (Å²) < 4.78 is 63.3. The Hall–Kier alpha value is -1.28. The molecule has 0 unspecified atom stereocenters. The lowest BCUT2D eigenvalue weighted by atomic mass is 10.3. The van der Waals surface area contributed by atoms with Gasteiger partial charge in [-0.3, -0.25) is 0 Å². The molecule has 8 heteroatoms. The Balaban J connectivity index is 2.40. The van der Waals surface area contributed by atoms with Gasteiger partial charge in [-0.05, 0) is 25.0 Å². The van der Waals surface area contributed by atoms with Gasteiger partial charge in [0.25, 0.3) is 0 Å². The Morgan fingerprint density at radius 1 is 1.30 bits per heavy atom. The fourth-order valence-electron chi connectivity index (χ4n) is 1.97. The van der Waals surface area contributed by atoms with E-state index < -0.39 is 28.8 Å². The zero-order valence-corrected chi connectivity index (χ0v) is 11.6. The van der Waals surface area contributed by atoms with E-state index in [2.05, 4.69) is 5.32 Å². The number of sulfonamides is 1. The molecule has 0 heterocycles. The van der Waals surface area contributed by atoms with E-state index in [0.717, 1.165) is 0 Å². The van der Waals surface area contributed by atoms with E-state index in [9.17, 15) is 21.6 Å². The van der Waals surface area contributed by atoms with E-state index in [1.165, 1.54) is 25.2 Å². The summed E-state index contributed by atoms with van der Waals surface area (Å²) in [7, 11) is -2.64. The second-order valence-corrected chi connectivity index (χ2v) is 6.50. The zero-order valence-electron chi connectivity index (χ0n) is 10.8. The second-order valence-electron chi connectivity index (χ2n) is 4.64. The Morgan fingerprint density at radius 2 is 1.90 bits per heavy atom. The molecule has 1 aliphatic rings. The van der Waals surface area contributed by atoms with Crippen molar-refractivity contribution in [3.63, 3.8) is 0 Å². The Kier molecular flexibility index (Phi) is 3.97. The van der Waals surface area contributed by atoms with Crippen molar-refractivity contribution in [3.05, 3.63) is 24.3 Å². The molecule has 0 radical (unpaired) electrons. The zero-order chi connectivity index (χ0) is 15.0. The number of anilines is 1. The predicted molar refractivity (Wildman–Crippen MR) is 69.0 cm³/mol. The van der Waals surface area contributed by atoms with Crippen LogP contribution in [0.15, 0.2) is 29.2 Å². The minimum atomic E-state index is -4.55. The van der Waals surface area contributed by atoms with Crippen LogP contribution in [0.4, 0.5) is 18.9 Å². The van der Waals surface area contributed by atoms with E-state index in [1.54, 1.807) is 6.07 Å². The highest BCUT2D eigenvalue weighted by molar-refractivity contribution is 7.89. The smallest absolute Gasteiger partial charge is 0.387 e. The van der Waals surface area contributed by atoms with Gasteiger partial charge in [0.1, 0.15) is 11.4 Å². The number of hydrogen-bond donors (Lipinski definition) is 1. The van der Waals surface area contributed by atoms with Crippen LogP contribution >= 0.6 is 0 Å². The fourth-order valence-corrected chi connectivity index (χ4v) is 3.84. The molecular formula is C12H15F3N2O2S. The summed E-state index contributed by atoms with van der Waals surface area (Å²) in [6, 6.07) is 5.40. The predicted octanol–water partition coefficient (Wildman–Crippen LogP) is 2.44. The molecule has 0 aliphatic heterocycles. The average Bonchev–Trinajstić information content (AvgIpc) is 3.19. The molecule has 0 aromatic heterocycles. The molecule has 0 amide bonds. The van der Waals surface area contributed by atoms with Crippen LogP contribution in [0.5, 0.6) is 0 Å². The molecule has 1 aliphatic carbocycles. The number of nitrogens with zero attached hydrogens (tertiary/aromatic N) is 1. The first kappa shape index (κ1) is 15.1. The molecule has 4 nitrogen and oxygen atoms in total. The molecule has 1 fully saturated rings. The molecule has 112 valence electrons. The normalized spacial score (nSPS) is 16.4. The lowest BCUT2D eigenvalue weighted by Crippen LogP contribution is -2.40. The standard InChI is InChI=1S/C12H15F3N2O2S/c1-16-10-4-2-3-5-11(10)20(18,19)17(9-6-7-9)8-12(13,14)15/h2-5,9,16H,6-8H2,1H3. The molecule has 1 aromatic carbocycles. The largest absolute Gasteiger partial charge is 0.402 e. The summed E-state index contributed by atoms with van der Waals surface area (Å²) >= 11 is 0. The van der Waals surface area contributed by atoms with Crippen LogP contribution in [0.2, 0.25) is 0 Å². The van der Waals surface area contributed by atoms with Gasteiger partial charge in [0.2, 0.25) is 10.0 Å². The van der Waals surface area contributed by atoms with Gasteiger partial charge in [-0.15, -0.1) is 0 Å². The summed E-state index contributed by atoms with van der Waals surface area (Å²) in [6.45, 7) is -1.45. The van der Waals surface area contributed by atoms with E-state index in [-0.39, 0.29) is 4.90 Å². The lowest BCUT2D eigenvalue weighted by molar-refractivity contribution is -0.137. The molecule has 2 rings (SSSR count). The van der Waals surface area contributed by atoms with Crippen molar-refractivity contribution < 1.29 is 21.6 Å². The van der Waals surface area contributed by atoms with Crippen molar-refractivity contribution >= 4 is 15.7 Å². The van der Waals surface area contributed by atoms with Gasteiger partial charge in [-0.2, -0.15) is 17.5 Å². The van der Waals surface area contributed by atoms with Gasteiger partial charge in [-0.25, -0.2) is 8.42 Å². The molecule has 20 heavy (non-hydrogen) atoms. The quantitative estimate of drug-likeness (QED) is 0.909. The second kappa shape index (κ2) is 5.25. The van der Waals surface area contributed by atoms with Gasteiger partial charge in [-0.1, -0.05) is 12.1 Å². The van der Waals surface area contributed by atoms with E-state index >= 15 is 0 Å². The van der Waals surface area contributed by atoms with E-state index in [4.69, 9.17) is 0 Å². The van der Waals surface area contributed by atoms with Gasteiger partial charge in [0.15, 0.2) is 0 Å². The monoisotopic (exact) mass is 308 g/mol.